The van der Waals surface area contributed by atoms with Crippen molar-refractivity contribution in [3.05, 3.63) is 158 Å². The summed E-state index contributed by atoms with van der Waals surface area (Å²) in [5.74, 6) is 1.99. The predicted molar refractivity (Wildman–Crippen MR) is 202 cm³/mol. The van der Waals surface area contributed by atoms with Gasteiger partial charge in [-0.1, -0.05) is 94.4 Å². The fourth-order valence-corrected chi connectivity index (χ4v) is 7.50. The smallest absolute Gasteiger partial charge is 0.161 e. The maximum absolute atomic E-state index is 6.34. The van der Waals surface area contributed by atoms with E-state index in [1.807, 2.05) is 0 Å². The fourth-order valence-electron chi connectivity index (χ4n) is 7.50. The van der Waals surface area contributed by atoms with Crippen molar-refractivity contribution in [2.24, 2.45) is 0 Å². The third kappa shape index (κ3) is 6.47. The number of rotatable bonds is 7. The zero-order valence-electron chi connectivity index (χ0n) is 30.5. The molecule has 2 aliphatic rings. The third-order valence-electron chi connectivity index (χ3n) is 11.1. The molecule has 0 bridgehead atoms. The Morgan fingerprint density at radius 3 is 1.71 bits per heavy atom. The third-order valence-corrected chi connectivity index (χ3v) is 11.1. The Bertz CT molecular complexity index is 2020. The number of benzene rings is 5. The van der Waals surface area contributed by atoms with E-state index in [9.17, 15) is 0 Å². The first-order valence-electron chi connectivity index (χ1n) is 17.6. The van der Waals surface area contributed by atoms with Crippen LogP contribution >= 0.6 is 0 Å². The molecule has 7 rings (SSSR count). The van der Waals surface area contributed by atoms with Gasteiger partial charge in [-0.15, -0.1) is 0 Å². The summed E-state index contributed by atoms with van der Waals surface area (Å²) in [6.07, 6.45) is 0.943. The Morgan fingerprint density at radius 2 is 1.10 bits per heavy atom. The van der Waals surface area contributed by atoms with E-state index < -0.39 is 0 Å². The molecule has 0 aromatic heterocycles. The van der Waals surface area contributed by atoms with Crippen molar-refractivity contribution in [2.75, 3.05) is 25.4 Å². The number of hydrogen-bond donors (Lipinski definition) is 0. The molecule has 49 heavy (non-hydrogen) atoms. The molecule has 0 saturated carbocycles. The van der Waals surface area contributed by atoms with E-state index in [1.54, 1.807) is 0 Å². The maximum Gasteiger partial charge on any atom is 0.161 e. The van der Waals surface area contributed by atoms with Gasteiger partial charge in [0.1, 0.15) is 18.2 Å². The lowest BCUT2D eigenvalue weighted by Crippen LogP contribution is -2.33. The Hall–Kier alpha value is -4.54. The first kappa shape index (κ1) is 33.0. The minimum absolute atomic E-state index is 0.159. The summed E-state index contributed by atoms with van der Waals surface area (Å²) < 4.78 is 12.3. The molecule has 0 spiro atoms. The van der Waals surface area contributed by atoms with Gasteiger partial charge in [-0.2, -0.15) is 0 Å². The van der Waals surface area contributed by atoms with Crippen LogP contribution < -0.4 is 14.4 Å². The second kappa shape index (κ2) is 12.7. The van der Waals surface area contributed by atoms with Crippen molar-refractivity contribution in [1.82, 2.24) is 4.90 Å². The normalized spacial score (nSPS) is 14.9. The molecule has 5 aromatic carbocycles. The first-order valence-corrected chi connectivity index (χ1v) is 17.6. The summed E-state index contributed by atoms with van der Waals surface area (Å²) in [6, 6.07) is 36.4. The predicted octanol–water partition coefficient (Wildman–Crippen LogP) is 9.99. The molecule has 2 aliphatic heterocycles. The SMILES string of the molecule is Cc1ccc(Cc2ccc(N3COc4ccc(C(C)(C)c5cccc(C(C)(C)c6ccc7c(c6)CN(C)CO7)c5)cc4C3)c(C)c2)cc1C. The van der Waals surface area contributed by atoms with Gasteiger partial charge in [0.15, 0.2) is 6.73 Å². The van der Waals surface area contributed by atoms with E-state index in [2.05, 4.69) is 162 Å². The molecule has 5 aromatic rings. The zero-order chi connectivity index (χ0) is 34.5. The molecule has 4 heteroatoms. The summed E-state index contributed by atoms with van der Waals surface area (Å²) in [7, 11) is 2.10. The van der Waals surface area contributed by atoms with E-state index in [0.29, 0.717) is 13.5 Å². The van der Waals surface area contributed by atoms with E-state index in [4.69, 9.17) is 9.47 Å². The lowest BCUT2D eigenvalue weighted by atomic mass is 9.73. The van der Waals surface area contributed by atoms with E-state index in [1.165, 1.54) is 66.9 Å². The van der Waals surface area contributed by atoms with Crippen LogP contribution in [0.3, 0.4) is 0 Å². The molecular formula is C45H50N2O2. The number of ether oxygens (including phenoxy) is 2. The lowest BCUT2D eigenvalue weighted by Gasteiger charge is -2.34. The number of hydrogen-bond acceptors (Lipinski definition) is 4. The minimum Gasteiger partial charge on any atom is -0.478 e. The topological polar surface area (TPSA) is 24.9 Å². The van der Waals surface area contributed by atoms with Crippen LogP contribution in [-0.2, 0) is 30.3 Å². The highest BCUT2D eigenvalue weighted by atomic mass is 16.5. The van der Waals surface area contributed by atoms with E-state index in [0.717, 1.165) is 31.0 Å². The second-order valence-electron chi connectivity index (χ2n) is 15.5. The molecule has 4 nitrogen and oxygen atoms in total. The highest BCUT2D eigenvalue weighted by Gasteiger charge is 2.30. The molecule has 0 unspecified atom stereocenters. The number of fused-ring (bicyclic) bond motifs is 2. The fraction of sp³-hybridized carbons (Fsp3) is 0.333. The molecule has 0 radical (unpaired) electrons. The molecule has 2 heterocycles. The Balaban J connectivity index is 1.11. The highest BCUT2D eigenvalue weighted by Crippen LogP contribution is 2.40. The van der Waals surface area contributed by atoms with Crippen molar-refractivity contribution in [3.63, 3.8) is 0 Å². The minimum atomic E-state index is -0.193. The lowest BCUT2D eigenvalue weighted by molar-refractivity contribution is 0.121. The molecular weight excluding hydrogens is 601 g/mol. The summed E-state index contributed by atoms with van der Waals surface area (Å²) in [4.78, 5) is 4.56. The zero-order valence-corrected chi connectivity index (χ0v) is 30.5. The quantitative estimate of drug-likeness (QED) is 0.175. The van der Waals surface area contributed by atoms with Crippen LogP contribution in [0.1, 0.15) is 88.9 Å². The largest absolute Gasteiger partial charge is 0.478 e. The monoisotopic (exact) mass is 650 g/mol. The van der Waals surface area contributed by atoms with E-state index >= 15 is 0 Å². The van der Waals surface area contributed by atoms with Gasteiger partial charge in [0.25, 0.3) is 0 Å². The van der Waals surface area contributed by atoms with Crippen LogP contribution in [0, 0.1) is 20.8 Å². The van der Waals surface area contributed by atoms with Crippen molar-refractivity contribution in [2.45, 2.75) is 78.8 Å². The van der Waals surface area contributed by atoms with Crippen LogP contribution in [0.5, 0.6) is 11.5 Å². The highest BCUT2D eigenvalue weighted by molar-refractivity contribution is 5.58. The van der Waals surface area contributed by atoms with Crippen molar-refractivity contribution in [1.29, 1.82) is 0 Å². The molecule has 0 amide bonds. The van der Waals surface area contributed by atoms with Crippen molar-refractivity contribution >= 4 is 5.69 Å². The molecule has 0 N–H and O–H groups in total. The van der Waals surface area contributed by atoms with Crippen LogP contribution in [0.4, 0.5) is 5.69 Å². The first-order chi connectivity index (χ1) is 23.4. The molecule has 252 valence electrons. The average molecular weight is 651 g/mol. The van der Waals surface area contributed by atoms with Crippen LogP contribution in [0.2, 0.25) is 0 Å². The second-order valence-corrected chi connectivity index (χ2v) is 15.5. The Kier molecular flexibility index (Phi) is 8.57. The average Bonchev–Trinajstić information content (AvgIpc) is 3.09. The molecule has 0 atom stereocenters. The Labute approximate surface area is 293 Å². The number of aryl methyl sites for hydroxylation is 3. The maximum atomic E-state index is 6.34. The van der Waals surface area contributed by atoms with Crippen LogP contribution in [0.25, 0.3) is 0 Å². The van der Waals surface area contributed by atoms with Gasteiger partial charge >= 0.3 is 0 Å². The molecule has 0 aliphatic carbocycles. The number of anilines is 1. The molecule has 0 fully saturated rings. The van der Waals surface area contributed by atoms with Gasteiger partial charge in [0.2, 0.25) is 0 Å². The summed E-state index contributed by atoms with van der Waals surface area (Å²) in [6.45, 7) is 18.8. The van der Waals surface area contributed by atoms with Gasteiger partial charge in [-0.25, -0.2) is 0 Å². The van der Waals surface area contributed by atoms with Gasteiger partial charge in [0, 0.05) is 40.7 Å². The summed E-state index contributed by atoms with van der Waals surface area (Å²) >= 11 is 0. The van der Waals surface area contributed by atoms with Gasteiger partial charge in [-0.3, -0.25) is 4.90 Å². The van der Waals surface area contributed by atoms with Crippen molar-refractivity contribution in [3.8, 4) is 11.5 Å². The van der Waals surface area contributed by atoms with Crippen molar-refractivity contribution < 1.29 is 9.47 Å². The van der Waals surface area contributed by atoms with Crippen LogP contribution in [0.15, 0.2) is 97.1 Å². The standard InChI is InChI=1S/C45H50N2O2/c1-30-12-13-33(20-31(30)2)22-34-14-17-41(32(3)21-34)47-27-36-24-40(16-19-43(36)49-29-47)45(6,7)38-11-9-10-37(25-38)44(4,5)39-15-18-42-35(23-39)26-46(8)28-48-42/h9-21,23-25H,22,26-29H2,1-8H3. The number of nitrogens with zero attached hydrogens (tertiary/aromatic N) is 2. The van der Waals surface area contributed by atoms with E-state index in [-0.39, 0.29) is 10.8 Å². The molecule has 0 saturated heterocycles. The Morgan fingerprint density at radius 1 is 0.551 bits per heavy atom. The van der Waals surface area contributed by atoms with Crippen LogP contribution in [-0.4, -0.2) is 25.4 Å². The summed E-state index contributed by atoms with van der Waals surface area (Å²) in [5.41, 5.74) is 15.3. The van der Waals surface area contributed by atoms with Gasteiger partial charge in [0.05, 0.1) is 0 Å². The van der Waals surface area contributed by atoms with Gasteiger partial charge < -0.3 is 14.4 Å². The van der Waals surface area contributed by atoms with Gasteiger partial charge in [-0.05, 0) is 115 Å². The summed E-state index contributed by atoms with van der Waals surface area (Å²) in [5, 5.41) is 0.